The van der Waals surface area contributed by atoms with Gasteiger partial charge in [0.15, 0.2) is 5.78 Å². The molecule has 0 bridgehead atoms. The van der Waals surface area contributed by atoms with E-state index in [1.54, 1.807) is 17.4 Å². The number of Topliss-reactive ketones (excluding diaryl/α,β-unsaturated/α-hetero) is 1. The minimum Gasteiger partial charge on any atom is -0.472 e. The molecule has 0 N–H and O–H groups in total. The summed E-state index contributed by atoms with van der Waals surface area (Å²) in [4.78, 5) is 26.7. The predicted octanol–water partition coefficient (Wildman–Crippen LogP) is 4.98. The first-order valence-corrected chi connectivity index (χ1v) is 11.1. The first-order chi connectivity index (χ1) is 16.0. The smallest absolute Gasteiger partial charge is 0.223 e. The molecule has 2 aliphatic rings. The van der Waals surface area contributed by atoms with Gasteiger partial charge in [-0.3, -0.25) is 9.59 Å². The molecule has 0 aliphatic carbocycles. The Morgan fingerprint density at radius 1 is 0.970 bits per heavy atom. The van der Waals surface area contributed by atoms with E-state index in [0.717, 1.165) is 22.4 Å². The van der Waals surface area contributed by atoms with Crippen LogP contribution >= 0.6 is 0 Å². The molecule has 1 aromatic heterocycles. The van der Waals surface area contributed by atoms with Crippen LogP contribution in [0.5, 0.6) is 5.75 Å². The van der Waals surface area contributed by atoms with Crippen molar-refractivity contribution in [3.8, 4) is 16.9 Å². The Bertz CT molecular complexity index is 1150. The van der Waals surface area contributed by atoms with Crippen LogP contribution in [0.3, 0.4) is 0 Å². The fraction of sp³-hybridized carbons (Fsp3) is 0.308. The van der Waals surface area contributed by atoms with E-state index in [-0.39, 0.29) is 24.5 Å². The van der Waals surface area contributed by atoms with Crippen molar-refractivity contribution in [2.24, 2.45) is 0 Å². The van der Waals surface area contributed by atoms with Gasteiger partial charge in [-0.15, -0.1) is 0 Å². The number of nitrogens with zero attached hydrogens (tertiary/aromatic N) is 1. The van der Waals surface area contributed by atoms with E-state index in [0.29, 0.717) is 38.1 Å². The third kappa shape index (κ3) is 4.54. The van der Waals surface area contributed by atoms with Gasteiger partial charge in [-0.05, 0) is 48.0 Å². The zero-order valence-corrected chi connectivity index (χ0v) is 18.1. The topological polar surface area (TPSA) is 69.0 Å². The maximum Gasteiger partial charge on any atom is 0.223 e. The molecule has 6 nitrogen and oxygen atoms in total. The molecule has 33 heavy (non-hydrogen) atoms. The van der Waals surface area contributed by atoms with Gasteiger partial charge in [-0.2, -0.15) is 0 Å². The highest BCUT2D eigenvalue weighted by Gasteiger charge is 2.41. The molecule has 7 heteroatoms. The molecule has 1 amide bonds. The molecule has 1 fully saturated rings. The molecular weight excluding hydrogens is 425 g/mol. The molecule has 0 atom stereocenters. The normalized spacial score (nSPS) is 16.8. The van der Waals surface area contributed by atoms with E-state index in [4.69, 9.17) is 13.9 Å². The summed E-state index contributed by atoms with van der Waals surface area (Å²) < 4.78 is 30.6. The number of amides is 1. The minimum absolute atomic E-state index is 0.0683. The summed E-state index contributed by atoms with van der Waals surface area (Å²) >= 11 is 0. The van der Waals surface area contributed by atoms with E-state index in [1.165, 1.54) is 24.3 Å². The molecule has 0 unspecified atom stereocenters. The fourth-order valence-electron chi connectivity index (χ4n) is 4.34. The van der Waals surface area contributed by atoms with Crippen molar-refractivity contribution in [3.05, 3.63) is 78.0 Å². The standard InChI is InChI=1S/C26H24FNO5/c27-22-4-1-18(2-5-22)23(29)6-8-25(30)28-12-10-26(11-13-28)32-17-21-15-19(3-7-24(21)33-26)20-9-14-31-16-20/h1-5,7,9,14-16H,6,8,10-13,17H2. The number of benzene rings is 2. The highest BCUT2D eigenvalue weighted by molar-refractivity contribution is 5.97. The van der Waals surface area contributed by atoms with Crippen molar-refractivity contribution in [2.45, 2.75) is 38.1 Å². The van der Waals surface area contributed by atoms with Crippen LogP contribution in [0.1, 0.15) is 41.6 Å². The number of fused-ring (bicyclic) bond motifs is 1. The Balaban J connectivity index is 1.15. The lowest BCUT2D eigenvalue weighted by atomic mass is 9.99. The Morgan fingerprint density at radius 3 is 2.48 bits per heavy atom. The molecule has 1 spiro atoms. The van der Waals surface area contributed by atoms with Gasteiger partial charge in [0.1, 0.15) is 11.6 Å². The summed E-state index contributed by atoms with van der Waals surface area (Å²) in [6, 6.07) is 13.3. The minimum atomic E-state index is -0.731. The van der Waals surface area contributed by atoms with Crippen molar-refractivity contribution in [3.63, 3.8) is 0 Å². The van der Waals surface area contributed by atoms with Crippen molar-refractivity contribution >= 4 is 11.7 Å². The number of carbonyl (C=O) groups excluding carboxylic acids is 2. The number of ketones is 1. The van der Waals surface area contributed by atoms with Crippen LogP contribution in [-0.2, 0) is 16.1 Å². The predicted molar refractivity (Wildman–Crippen MR) is 118 cm³/mol. The zero-order chi connectivity index (χ0) is 22.8. The molecule has 1 saturated heterocycles. The van der Waals surface area contributed by atoms with Gasteiger partial charge in [-0.1, -0.05) is 6.07 Å². The first kappa shape index (κ1) is 21.4. The van der Waals surface area contributed by atoms with E-state index in [9.17, 15) is 14.0 Å². The molecule has 2 aromatic carbocycles. The van der Waals surface area contributed by atoms with Gasteiger partial charge >= 0.3 is 0 Å². The average molecular weight is 449 g/mol. The van der Waals surface area contributed by atoms with Gasteiger partial charge in [0.05, 0.1) is 19.1 Å². The number of furan rings is 1. The quantitative estimate of drug-likeness (QED) is 0.514. The lowest BCUT2D eigenvalue weighted by Gasteiger charge is -2.44. The summed E-state index contributed by atoms with van der Waals surface area (Å²) in [5.74, 6) is -0.551. The van der Waals surface area contributed by atoms with Crippen LogP contribution in [0.25, 0.3) is 11.1 Å². The maximum atomic E-state index is 13.0. The lowest BCUT2D eigenvalue weighted by Crippen LogP contribution is -2.52. The average Bonchev–Trinajstić information content (AvgIpc) is 3.38. The van der Waals surface area contributed by atoms with Gasteiger partial charge in [-0.25, -0.2) is 4.39 Å². The Hall–Kier alpha value is -3.45. The van der Waals surface area contributed by atoms with Crippen LogP contribution in [0, 0.1) is 5.82 Å². The third-order valence-corrected chi connectivity index (χ3v) is 6.31. The van der Waals surface area contributed by atoms with Crippen LogP contribution in [0.15, 0.2) is 65.5 Å². The number of ether oxygens (including phenoxy) is 2. The SMILES string of the molecule is O=C(CCC(=O)N1CCC2(CC1)OCc1cc(-c3ccoc3)ccc1O2)c1ccc(F)cc1. The van der Waals surface area contributed by atoms with E-state index >= 15 is 0 Å². The largest absolute Gasteiger partial charge is 0.472 e. The molecule has 5 rings (SSSR count). The number of carbonyl (C=O) groups is 2. The zero-order valence-electron chi connectivity index (χ0n) is 18.1. The third-order valence-electron chi connectivity index (χ3n) is 6.31. The van der Waals surface area contributed by atoms with Crippen LogP contribution in [0.4, 0.5) is 4.39 Å². The highest BCUT2D eigenvalue weighted by Crippen LogP contribution is 2.39. The number of likely N-dealkylation sites (tertiary alicyclic amines) is 1. The van der Waals surface area contributed by atoms with Crippen molar-refractivity contribution in [1.29, 1.82) is 0 Å². The van der Waals surface area contributed by atoms with Gasteiger partial charge in [0.25, 0.3) is 0 Å². The van der Waals surface area contributed by atoms with Gasteiger partial charge in [0.2, 0.25) is 11.7 Å². The van der Waals surface area contributed by atoms with Crippen molar-refractivity contribution in [2.75, 3.05) is 13.1 Å². The molecular formula is C26H24FNO5. The van der Waals surface area contributed by atoms with Crippen LogP contribution in [-0.4, -0.2) is 35.5 Å². The second-order valence-electron chi connectivity index (χ2n) is 8.45. The van der Waals surface area contributed by atoms with Gasteiger partial charge < -0.3 is 18.8 Å². The Labute approximate surface area is 190 Å². The lowest BCUT2D eigenvalue weighted by molar-refractivity contribution is -0.227. The highest BCUT2D eigenvalue weighted by atomic mass is 19.1. The fourth-order valence-corrected chi connectivity index (χ4v) is 4.34. The Morgan fingerprint density at radius 2 is 1.76 bits per heavy atom. The number of hydrogen-bond acceptors (Lipinski definition) is 5. The van der Waals surface area contributed by atoms with Gasteiger partial charge in [0, 0.05) is 55.5 Å². The number of rotatable bonds is 5. The number of piperidine rings is 1. The summed E-state index contributed by atoms with van der Waals surface area (Å²) in [5.41, 5.74) is 3.45. The Kier molecular flexibility index (Phi) is 5.72. The van der Waals surface area contributed by atoms with E-state index < -0.39 is 11.6 Å². The second kappa shape index (κ2) is 8.83. The first-order valence-electron chi connectivity index (χ1n) is 11.1. The van der Waals surface area contributed by atoms with Crippen molar-refractivity contribution < 1.29 is 27.9 Å². The van der Waals surface area contributed by atoms with E-state index in [2.05, 4.69) is 0 Å². The molecule has 0 saturated carbocycles. The molecule has 3 aromatic rings. The number of halogens is 1. The maximum absolute atomic E-state index is 13.0. The second-order valence-corrected chi connectivity index (χ2v) is 8.45. The monoisotopic (exact) mass is 449 g/mol. The summed E-state index contributed by atoms with van der Waals surface area (Å²) in [7, 11) is 0. The molecule has 3 heterocycles. The summed E-state index contributed by atoms with van der Waals surface area (Å²) in [6.45, 7) is 1.46. The van der Waals surface area contributed by atoms with Crippen molar-refractivity contribution in [1.82, 2.24) is 4.90 Å². The molecule has 0 radical (unpaired) electrons. The molecule has 2 aliphatic heterocycles. The van der Waals surface area contributed by atoms with Crippen LogP contribution < -0.4 is 4.74 Å². The van der Waals surface area contributed by atoms with E-state index in [1.807, 2.05) is 24.3 Å². The molecule has 170 valence electrons. The summed E-state index contributed by atoms with van der Waals surface area (Å²) in [5, 5.41) is 0. The number of hydrogen-bond donors (Lipinski definition) is 0. The van der Waals surface area contributed by atoms with Crippen LogP contribution in [0.2, 0.25) is 0 Å². The summed E-state index contributed by atoms with van der Waals surface area (Å²) in [6.07, 6.45) is 4.70.